The van der Waals surface area contributed by atoms with Gasteiger partial charge in [0.15, 0.2) is 0 Å². The Balaban J connectivity index is 2.07. The molecule has 0 N–H and O–H groups in total. The lowest BCUT2D eigenvalue weighted by molar-refractivity contribution is 0.0490. The molecule has 0 aliphatic carbocycles. The van der Waals surface area contributed by atoms with Crippen LogP contribution in [0.2, 0.25) is 0 Å². The van der Waals surface area contributed by atoms with Crippen molar-refractivity contribution in [1.82, 2.24) is 0 Å². The summed E-state index contributed by atoms with van der Waals surface area (Å²) >= 11 is 0. The minimum atomic E-state index is -0.572. The second-order valence-electron chi connectivity index (χ2n) is 5.09. The van der Waals surface area contributed by atoms with Crippen molar-refractivity contribution in [3.05, 3.63) is 65.7 Å². The van der Waals surface area contributed by atoms with Crippen LogP contribution in [0.15, 0.2) is 54.6 Å². The van der Waals surface area contributed by atoms with Gasteiger partial charge in [0.25, 0.3) is 0 Å². The number of carbonyl (C=O) groups is 2. The first kappa shape index (κ1) is 16.7. The molecule has 0 atom stereocenters. The van der Waals surface area contributed by atoms with Gasteiger partial charge in [0.1, 0.15) is 5.75 Å². The molecule has 0 amide bonds. The Kier molecular flexibility index (Phi) is 6.36. The lowest BCUT2D eigenvalue weighted by Crippen LogP contribution is -2.16. The molecule has 0 aromatic heterocycles. The molecule has 0 saturated heterocycles. The molecule has 2 rings (SSSR count). The van der Waals surface area contributed by atoms with Crippen LogP contribution in [0, 0.1) is 0 Å². The van der Waals surface area contributed by atoms with E-state index in [2.05, 4.69) is 6.92 Å². The highest BCUT2D eigenvalue weighted by atomic mass is 16.5. The van der Waals surface area contributed by atoms with Gasteiger partial charge in [-0.1, -0.05) is 50.1 Å². The van der Waals surface area contributed by atoms with E-state index in [0.29, 0.717) is 12.4 Å². The first-order chi connectivity index (χ1) is 11.2. The van der Waals surface area contributed by atoms with Crippen molar-refractivity contribution in [2.24, 2.45) is 0 Å². The smallest absolute Gasteiger partial charge is 0.344 e. The molecular formula is C19H20O4. The van der Waals surface area contributed by atoms with Gasteiger partial charge < -0.3 is 9.47 Å². The fourth-order valence-electron chi connectivity index (χ4n) is 2.08. The third kappa shape index (κ3) is 4.95. The van der Waals surface area contributed by atoms with E-state index in [4.69, 9.17) is 9.47 Å². The molecule has 4 heteroatoms. The van der Waals surface area contributed by atoms with Gasteiger partial charge in [0, 0.05) is 0 Å². The average Bonchev–Trinajstić information content (AvgIpc) is 2.59. The molecule has 0 radical (unpaired) electrons. The normalized spacial score (nSPS) is 10.1. The molecule has 0 heterocycles. The van der Waals surface area contributed by atoms with Crippen molar-refractivity contribution in [3.63, 3.8) is 0 Å². The zero-order chi connectivity index (χ0) is 16.5. The fourth-order valence-corrected chi connectivity index (χ4v) is 2.08. The SMILES string of the molecule is CCCCCOC(=O)c1ccccc1C(=O)Oc1ccccc1. The van der Waals surface area contributed by atoms with Crippen molar-refractivity contribution in [1.29, 1.82) is 0 Å². The van der Waals surface area contributed by atoms with Crippen LogP contribution in [0.3, 0.4) is 0 Å². The molecule has 0 saturated carbocycles. The number of unbranched alkanes of at least 4 members (excludes halogenated alkanes) is 2. The lowest BCUT2D eigenvalue weighted by atomic mass is 10.1. The molecular weight excluding hydrogens is 292 g/mol. The minimum absolute atomic E-state index is 0.205. The van der Waals surface area contributed by atoms with Crippen LogP contribution in [0.1, 0.15) is 46.9 Å². The Morgan fingerprint density at radius 2 is 1.43 bits per heavy atom. The summed E-state index contributed by atoms with van der Waals surface area (Å²) < 4.78 is 10.5. The van der Waals surface area contributed by atoms with Crippen LogP contribution < -0.4 is 4.74 Å². The molecule has 0 bridgehead atoms. The van der Waals surface area contributed by atoms with Crippen LogP contribution in [0.5, 0.6) is 5.75 Å². The quantitative estimate of drug-likeness (QED) is 0.435. The van der Waals surface area contributed by atoms with Gasteiger partial charge in [-0.15, -0.1) is 0 Å². The largest absolute Gasteiger partial charge is 0.462 e. The van der Waals surface area contributed by atoms with E-state index < -0.39 is 11.9 Å². The Bertz CT molecular complexity index is 649. The Labute approximate surface area is 136 Å². The number of esters is 2. The fraction of sp³-hybridized carbons (Fsp3) is 0.263. The first-order valence-corrected chi connectivity index (χ1v) is 7.75. The summed E-state index contributed by atoms with van der Waals surface area (Å²) in [6.07, 6.45) is 2.88. The molecule has 2 aromatic carbocycles. The van der Waals surface area contributed by atoms with Crippen molar-refractivity contribution in [3.8, 4) is 5.75 Å². The van der Waals surface area contributed by atoms with E-state index in [-0.39, 0.29) is 11.1 Å². The minimum Gasteiger partial charge on any atom is -0.462 e. The second kappa shape index (κ2) is 8.73. The van der Waals surface area contributed by atoms with E-state index in [1.807, 2.05) is 6.07 Å². The van der Waals surface area contributed by atoms with E-state index in [9.17, 15) is 9.59 Å². The number of ether oxygens (including phenoxy) is 2. The number of rotatable bonds is 7. The third-order valence-corrected chi connectivity index (χ3v) is 3.30. The van der Waals surface area contributed by atoms with E-state index in [0.717, 1.165) is 19.3 Å². The standard InChI is InChI=1S/C19H20O4/c1-2-3-9-14-22-18(20)16-12-7-8-13-17(16)19(21)23-15-10-5-4-6-11-15/h4-8,10-13H,2-3,9,14H2,1H3. The summed E-state index contributed by atoms with van der Waals surface area (Å²) in [6.45, 7) is 2.44. The van der Waals surface area contributed by atoms with Crippen LogP contribution in [0.4, 0.5) is 0 Å². The maximum Gasteiger partial charge on any atom is 0.344 e. The molecule has 120 valence electrons. The van der Waals surface area contributed by atoms with Gasteiger partial charge in [-0.2, -0.15) is 0 Å². The highest BCUT2D eigenvalue weighted by Gasteiger charge is 2.19. The first-order valence-electron chi connectivity index (χ1n) is 7.75. The Morgan fingerprint density at radius 1 is 0.826 bits per heavy atom. The predicted molar refractivity (Wildman–Crippen MR) is 87.7 cm³/mol. The van der Waals surface area contributed by atoms with Gasteiger partial charge >= 0.3 is 11.9 Å². The summed E-state index contributed by atoms with van der Waals surface area (Å²) in [4.78, 5) is 24.4. The van der Waals surface area contributed by atoms with E-state index >= 15 is 0 Å². The summed E-state index contributed by atoms with van der Waals surface area (Å²) in [5, 5.41) is 0. The van der Waals surface area contributed by atoms with Crippen LogP contribution in [-0.4, -0.2) is 18.5 Å². The third-order valence-electron chi connectivity index (χ3n) is 3.30. The number of benzene rings is 2. The molecule has 2 aromatic rings. The number of para-hydroxylation sites is 1. The van der Waals surface area contributed by atoms with Gasteiger partial charge in [0.2, 0.25) is 0 Å². The monoisotopic (exact) mass is 312 g/mol. The molecule has 0 aliphatic heterocycles. The number of hydrogen-bond acceptors (Lipinski definition) is 4. The van der Waals surface area contributed by atoms with Crippen LogP contribution in [0.25, 0.3) is 0 Å². The van der Waals surface area contributed by atoms with Crippen molar-refractivity contribution in [2.45, 2.75) is 26.2 Å². The van der Waals surface area contributed by atoms with Gasteiger partial charge in [-0.05, 0) is 30.7 Å². The van der Waals surface area contributed by atoms with Crippen molar-refractivity contribution in [2.75, 3.05) is 6.61 Å². The zero-order valence-corrected chi connectivity index (χ0v) is 13.2. The maximum absolute atomic E-state index is 12.3. The molecule has 4 nitrogen and oxygen atoms in total. The number of hydrogen-bond donors (Lipinski definition) is 0. The Hall–Kier alpha value is -2.62. The van der Waals surface area contributed by atoms with Gasteiger partial charge in [-0.3, -0.25) is 0 Å². The number of carbonyl (C=O) groups excluding carboxylic acids is 2. The van der Waals surface area contributed by atoms with Gasteiger partial charge in [0.05, 0.1) is 17.7 Å². The van der Waals surface area contributed by atoms with E-state index in [1.54, 1.807) is 48.5 Å². The van der Waals surface area contributed by atoms with Crippen LogP contribution >= 0.6 is 0 Å². The lowest BCUT2D eigenvalue weighted by Gasteiger charge is -2.09. The van der Waals surface area contributed by atoms with Gasteiger partial charge in [-0.25, -0.2) is 9.59 Å². The average molecular weight is 312 g/mol. The van der Waals surface area contributed by atoms with Crippen molar-refractivity contribution < 1.29 is 19.1 Å². The predicted octanol–water partition coefficient (Wildman–Crippen LogP) is 4.25. The molecule has 0 fully saturated rings. The summed E-state index contributed by atoms with van der Waals surface area (Å²) in [6, 6.07) is 15.3. The Morgan fingerprint density at radius 3 is 2.09 bits per heavy atom. The van der Waals surface area contributed by atoms with Crippen molar-refractivity contribution >= 4 is 11.9 Å². The summed E-state index contributed by atoms with van der Waals surface area (Å²) in [5.74, 6) is -0.636. The maximum atomic E-state index is 12.3. The zero-order valence-electron chi connectivity index (χ0n) is 13.2. The van der Waals surface area contributed by atoms with Crippen LogP contribution in [-0.2, 0) is 4.74 Å². The summed E-state index contributed by atoms with van der Waals surface area (Å²) in [5.41, 5.74) is 0.432. The molecule has 0 unspecified atom stereocenters. The topological polar surface area (TPSA) is 52.6 Å². The molecule has 23 heavy (non-hydrogen) atoms. The summed E-state index contributed by atoms with van der Waals surface area (Å²) in [7, 11) is 0. The molecule has 0 spiro atoms. The molecule has 0 aliphatic rings. The highest BCUT2D eigenvalue weighted by Crippen LogP contribution is 2.16. The second-order valence-corrected chi connectivity index (χ2v) is 5.09. The van der Waals surface area contributed by atoms with E-state index in [1.165, 1.54) is 0 Å². The highest BCUT2D eigenvalue weighted by molar-refractivity contribution is 6.03.